The van der Waals surface area contributed by atoms with E-state index in [4.69, 9.17) is 5.73 Å². The fourth-order valence-corrected chi connectivity index (χ4v) is 7.15. The number of fused-ring (bicyclic) bond motifs is 3. The lowest BCUT2D eigenvalue weighted by Crippen LogP contribution is -2.63. The van der Waals surface area contributed by atoms with Crippen molar-refractivity contribution in [2.24, 2.45) is 17.6 Å². The first-order chi connectivity index (χ1) is 20.9. The number of primary amides is 1. The van der Waals surface area contributed by atoms with E-state index in [9.17, 15) is 34.8 Å². The van der Waals surface area contributed by atoms with E-state index in [0.717, 1.165) is 5.56 Å². The number of phenolic OH excluding ortho intramolecular Hbond substituents is 1. The molecule has 2 aromatic rings. The number of nitrogens with zero attached hydrogens (tertiary/aromatic N) is 2. The molecular weight excluding hydrogens is 576 g/mol. The number of Topliss-reactive ketones (excluding diaryl/α,β-unsaturated/α-hetero) is 2. The number of phenols is 1. The van der Waals surface area contributed by atoms with Crippen molar-refractivity contribution < 1.29 is 34.8 Å². The Labute approximate surface area is 262 Å². The fourth-order valence-electron chi connectivity index (χ4n) is 7.15. The van der Waals surface area contributed by atoms with E-state index < -0.39 is 58.0 Å². The molecule has 2 aromatic carbocycles. The Morgan fingerprint density at radius 2 is 1.69 bits per heavy atom. The molecule has 0 spiro atoms. The van der Waals surface area contributed by atoms with E-state index in [1.807, 2.05) is 31.1 Å². The van der Waals surface area contributed by atoms with Crippen LogP contribution < -0.4 is 16.0 Å². The number of rotatable bonds is 6. The molecule has 11 nitrogen and oxygen atoms in total. The van der Waals surface area contributed by atoms with Gasteiger partial charge in [0.1, 0.15) is 22.8 Å². The summed E-state index contributed by atoms with van der Waals surface area (Å²) in [6.07, 6.45) is 0.244. The average molecular weight is 619 g/mol. The highest BCUT2D eigenvalue weighted by Crippen LogP contribution is 2.54. The number of aromatic hydroxyl groups is 1. The number of carbonyl (C=O) groups is 3. The SMILES string of the molecule is CN(C)c1cc(NCc2ccc(C(C)(C)C)cc2)c(O)c2c1C[C@H]1C[C@@H]3[C@H](N(C)C)C(O)=C(C(N)=O)C(=O)[C@@]3(O)C(O)=C1C2=O. The molecule has 240 valence electrons. The van der Waals surface area contributed by atoms with E-state index in [2.05, 4.69) is 38.2 Å². The van der Waals surface area contributed by atoms with Gasteiger partial charge in [0.15, 0.2) is 11.4 Å². The van der Waals surface area contributed by atoms with Crippen molar-refractivity contribution in [1.29, 1.82) is 0 Å². The van der Waals surface area contributed by atoms with Gasteiger partial charge in [-0.25, -0.2) is 0 Å². The maximum absolute atomic E-state index is 14.2. The predicted molar refractivity (Wildman–Crippen MR) is 170 cm³/mol. The summed E-state index contributed by atoms with van der Waals surface area (Å²) in [7, 11) is 6.85. The second-order valence-corrected chi connectivity index (χ2v) is 13.8. The van der Waals surface area contributed by atoms with E-state index in [1.54, 1.807) is 20.2 Å². The molecule has 0 radical (unpaired) electrons. The molecule has 0 aromatic heterocycles. The van der Waals surface area contributed by atoms with Crippen LogP contribution in [-0.2, 0) is 28.0 Å². The molecule has 1 amide bonds. The van der Waals surface area contributed by atoms with E-state index in [0.29, 0.717) is 23.5 Å². The molecule has 0 bridgehead atoms. The monoisotopic (exact) mass is 618 g/mol. The number of amides is 1. The number of hydrogen-bond donors (Lipinski definition) is 6. The van der Waals surface area contributed by atoms with Gasteiger partial charge in [-0.05, 0) is 61.0 Å². The number of aliphatic hydroxyl groups is 3. The Hall–Kier alpha value is -4.35. The molecule has 11 heteroatoms. The van der Waals surface area contributed by atoms with Crippen molar-refractivity contribution in [2.45, 2.75) is 57.2 Å². The summed E-state index contributed by atoms with van der Waals surface area (Å²) in [5.74, 6) is -6.75. The first kappa shape index (κ1) is 32.1. The minimum Gasteiger partial charge on any atom is -0.510 e. The van der Waals surface area contributed by atoms with Gasteiger partial charge in [0.2, 0.25) is 5.78 Å². The van der Waals surface area contributed by atoms with Gasteiger partial charge >= 0.3 is 0 Å². The third-order valence-electron chi connectivity index (χ3n) is 9.48. The van der Waals surface area contributed by atoms with Gasteiger partial charge in [-0.2, -0.15) is 0 Å². The van der Waals surface area contributed by atoms with Crippen molar-refractivity contribution in [3.05, 3.63) is 75.3 Å². The van der Waals surface area contributed by atoms with Crippen molar-refractivity contribution in [3.8, 4) is 5.75 Å². The smallest absolute Gasteiger partial charge is 0.255 e. The maximum Gasteiger partial charge on any atom is 0.255 e. The van der Waals surface area contributed by atoms with Crippen LogP contribution in [0.3, 0.4) is 0 Å². The predicted octanol–water partition coefficient (Wildman–Crippen LogP) is 3.10. The van der Waals surface area contributed by atoms with Gasteiger partial charge in [-0.1, -0.05) is 45.0 Å². The maximum atomic E-state index is 14.2. The van der Waals surface area contributed by atoms with Crippen LogP contribution in [0.4, 0.5) is 11.4 Å². The highest BCUT2D eigenvalue weighted by Gasteiger charge is 2.63. The Kier molecular flexibility index (Phi) is 7.78. The highest BCUT2D eigenvalue weighted by atomic mass is 16.3. The van der Waals surface area contributed by atoms with E-state index in [1.165, 1.54) is 10.5 Å². The normalized spacial score (nSPS) is 24.8. The number of ketones is 2. The molecule has 45 heavy (non-hydrogen) atoms. The third-order valence-corrected chi connectivity index (χ3v) is 9.48. The number of aliphatic hydroxyl groups excluding tert-OH is 2. The molecule has 5 rings (SSSR count). The lowest BCUT2D eigenvalue weighted by atomic mass is 9.58. The van der Waals surface area contributed by atoms with Crippen LogP contribution in [0.15, 0.2) is 53.0 Å². The number of hydrogen-bond acceptors (Lipinski definition) is 10. The van der Waals surface area contributed by atoms with Crippen LogP contribution in [0, 0.1) is 11.8 Å². The van der Waals surface area contributed by atoms with Crippen LogP contribution in [0.25, 0.3) is 0 Å². The summed E-state index contributed by atoms with van der Waals surface area (Å²) in [4.78, 5) is 43.4. The first-order valence-corrected chi connectivity index (χ1v) is 14.9. The Balaban J connectivity index is 1.60. The zero-order valence-corrected chi connectivity index (χ0v) is 26.7. The van der Waals surface area contributed by atoms with Crippen LogP contribution in [0.1, 0.15) is 54.2 Å². The number of nitrogens with one attached hydrogen (secondary N) is 1. The Bertz CT molecular complexity index is 1670. The quantitative estimate of drug-likeness (QED) is 0.208. The minimum absolute atomic E-state index is 0.00177. The fraction of sp³-hybridized carbons (Fsp3) is 0.441. The van der Waals surface area contributed by atoms with E-state index in [-0.39, 0.29) is 35.1 Å². The second-order valence-electron chi connectivity index (χ2n) is 13.8. The molecule has 0 saturated heterocycles. The molecule has 3 aliphatic carbocycles. The largest absolute Gasteiger partial charge is 0.510 e. The Morgan fingerprint density at radius 3 is 2.22 bits per heavy atom. The van der Waals surface area contributed by atoms with Gasteiger partial charge in [0.25, 0.3) is 5.91 Å². The summed E-state index contributed by atoms with van der Waals surface area (Å²) in [5, 5.41) is 49.1. The van der Waals surface area contributed by atoms with Gasteiger partial charge in [-0.3, -0.25) is 19.3 Å². The molecule has 0 saturated carbocycles. The molecule has 0 unspecified atom stereocenters. The molecule has 7 N–H and O–H groups in total. The van der Waals surface area contributed by atoms with Crippen LogP contribution in [0.5, 0.6) is 5.75 Å². The number of allylic oxidation sites excluding steroid dienone is 1. The standard InChI is InChI=1S/C34H42N4O7/c1-33(2,3)18-10-8-16(9-11-18)15-36-21-14-22(37(4)5)19-12-17-13-20-26(38(6)7)29(41)25(32(35)44)31(43)34(20,45)30(42)23(17)28(40)24(19)27(21)39/h8-11,14,17,20,26,36,39,41-42,45H,12-13,15H2,1-7H3,(H2,35,44)/t17-,20+,26-,34-/m0/s1. The molecular formula is C34H42N4O7. The molecule has 0 aliphatic heterocycles. The summed E-state index contributed by atoms with van der Waals surface area (Å²) >= 11 is 0. The van der Waals surface area contributed by atoms with Crippen molar-refractivity contribution in [1.82, 2.24) is 4.90 Å². The second kappa shape index (κ2) is 10.9. The van der Waals surface area contributed by atoms with E-state index >= 15 is 0 Å². The van der Waals surface area contributed by atoms with Crippen molar-refractivity contribution in [2.75, 3.05) is 38.4 Å². The minimum atomic E-state index is -2.68. The summed E-state index contributed by atoms with van der Waals surface area (Å²) < 4.78 is 0. The van der Waals surface area contributed by atoms with Gasteiger partial charge < -0.3 is 36.4 Å². The third kappa shape index (κ3) is 4.94. The number of anilines is 2. The summed E-state index contributed by atoms with van der Waals surface area (Å²) in [6, 6.07) is 8.85. The molecule has 4 atom stereocenters. The lowest BCUT2D eigenvalue weighted by molar-refractivity contribution is -0.148. The number of benzene rings is 2. The van der Waals surface area contributed by atoms with Crippen LogP contribution in [0.2, 0.25) is 0 Å². The van der Waals surface area contributed by atoms with Crippen LogP contribution in [-0.4, -0.2) is 82.6 Å². The zero-order chi connectivity index (χ0) is 33.3. The summed E-state index contributed by atoms with van der Waals surface area (Å²) in [5.41, 5.74) is 5.39. The number of carbonyl (C=O) groups excluding carboxylic acids is 3. The van der Waals surface area contributed by atoms with Gasteiger partial charge in [0, 0.05) is 37.8 Å². The van der Waals surface area contributed by atoms with Gasteiger partial charge in [0.05, 0.1) is 17.3 Å². The van der Waals surface area contributed by atoms with Crippen LogP contribution >= 0.6 is 0 Å². The highest BCUT2D eigenvalue weighted by molar-refractivity contribution is 6.25. The number of nitrogens with two attached hydrogens (primary N) is 1. The first-order valence-electron chi connectivity index (χ1n) is 14.9. The average Bonchev–Trinajstić information content (AvgIpc) is 2.93. The summed E-state index contributed by atoms with van der Waals surface area (Å²) in [6.45, 7) is 6.77. The zero-order valence-electron chi connectivity index (χ0n) is 26.7. The topological polar surface area (TPSA) is 177 Å². The molecule has 0 fully saturated rings. The molecule has 0 heterocycles. The number of likely N-dealkylation sites (N-methyl/N-ethyl adjacent to an activating group) is 1. The molecule has 3 aliphatic rings. The Morgan fingerprint density at radius 1 is 1.07 bits per heavy atom. The van der Waals surface area contributed by atoms with Crippen molar-refractivity contribution in [3.63, 3.8) is 0 Å². The lowest BCUT2D eigenvalue weighted by Gasteiger charge is -2.50. The van der Waals surface area contributed by atoms with Gasteiger partial charge in [-0.15, -0.1) is 0 Å². The van der Waals surface area contributed by atoms with Crippen molar-refractivity contribution >= 4 is 28.8 Å².